The van der Waals surface area contributed by atoms with Crippen LogP contribution in [0.4, 0.5) is 5.69 Å². The predicted octanol–water partition coefficient (Wildman–Crippen LogP) is 0.707. The lowest BCUT2D eigenvalue weighted by molar-refractivity contribution is -0.671. The Kier molecular flexibility index (Phi) is 3.54. The topological polar surface area (TPSA) is 112 Å². The van der Waals surface area contributed by atoms with Crippen molar-refractivity contribution in [2.24, 2.45) is 11.1 Å². The Bertz CT molecular complexity index is 1160. The lowest BCUT2D eigenvalue weighted by atomic mass is 9.87. The average molecular weight is 390 g/mol. The average Bonchev–Trinajstić information content (AvgIpc) is 3.35. The molecule has 0 bridgehead atoms. The van der Waals surface area contributed by atoms with Gasteiger partial charge in [0.2, 0.25) is 17.2 Å². The van der Waals surface area contributed by atoms with E-state index in [1.807, 2.05) is 6.07 Å². The molecule has 2 amide bonds. The quantitative estimate of drug-likeness (QED) is 0.481. The molecule has 2 atom stereocenters. The van der Waals surface area contributed by atoms with E-state index in [1.54, 1.807) is 54.6 Å². The summed E-state index contributed by atoms with van der Waals surface area (Å²) in [5.41, 5.74) is -0.632. The maximum absolute atomic E-state index is 13.2. The predicted molar refractivity (Wildman–Crippen MR) is 95.9 cm³/mol. The van der Waals surface area contributed by atoms with Crippen LogP contribution in [0.2, 0.25) is 0 Å². The molecule has 9 nitrogen and oxygen atoms in total. The summed E-state index contributed by atoms with van der Waals surface area (Å²) in [7, 11) is 0. The maximum Gasteiger partial charge on any atom is 0.289 e. The van der Waals surface area contributed by atoms with E-state index in [4.69, 9.17) is 9.36 Å². The van der Waals surface area contributed by atoms with Crippen LogP contribution >= 0.6 is 0 Å². The summed E-state index contributed by atoms with van der Waals surface area (Å²) in [6, 6.07) is 17.3. The van der Waals surface area contributed by atoms with Gasteiger partial charge in [-0.2, -0.15) is 0 Å². The Morgan fingerprint density at radius 1 is 1.07 bits per heavy atom. The van der Waals surface area contributed by atoms with Crippen LogP contribution in [-0.2, 0) is 14.4 Å². The van der Waals surface area contributed by atoms with Crippen LogP contribution in [0.25, 0.3) is 5.69 Å². The number of para-hydroxylation sites is 2. The molecule has 2 aliphatic heterocycles. The number of hydrogen-bond donors (Lipinski definition) is 0. The van der Waals surface area contributed by atoms with Crippen LogP contribution in [0.1, 0.15) is 12.6 Å². The van der Waals surface area contributed by atoms with Crippen molar-refractivity contribution < 1.29 is 28.7 Å². The van der Waals surface area contributed by atoms with Gasteiger partial charge in [-0.25, -0.2) is 4.90 Å². The van der Waals surface area contributed by atoms with E-state index in [2.05, 4.69) is 10.4 Å². The zero-order valence-corrected chi connectivity index (χ0v) is 15.2. The van der Waals surface area contributed by atoms with E-state index < -0.39 is 29.3 Å². The fourth-order valence-electron chi connectivity index (χ4n) is 3.69. The normalized spacial score (nSPS) is 23.1. The second-order valence-corrected chi connectivity index (χ2v) is 6.88. The standard InChI is InChI=1S/C20H14N4O5/c1-20-14(17(25)23(19(20)27)12-8-4-2-5-9-12)15(21-29-20)16-18(26)28-22-24(16)13-10-6-3-7-11-13/h2-11,14H,1H3. The van der Waals surface area contributed by atoms with E-state index in [-0.39, 0.29) is 11.4 Å². The van der Waals surface area contributed by atoms with Gasteiger partial charge in [0.25, 0.3) is 11.6 Å². The van der Waals surface area contributed by atoms with Crippen LogP contribution < -0.4 is 14.7 Å². The highest BCUT2D eigenvalue weighted by molar-refractivity contribution is 6.33. The highest BCUT2D eigenvalue weighted by Crippen LogP contribution is 2.43. The van der Waals surface area contributed by atoms with Gasteiger partial charge in [0.15, 0.2) is 11.7 Å². The van der Waals surface area contributed by atoms with E-state index in [0.717, 1.165) is 4.90 Å². The summed E-state index contributed by atoms with van der Waals surface area (Å²) in [5.74, 6) is -2.95. The summed E-state index contributed by atoms with van der Waals surface area (Å²) in [6.07, 6.45) is 0. The number of fused-ring (bicyclic) bond motifs is 1. The zero-order chi connectivity index (χ0) is 20.2. The summed E-state index contributed by atoms with van der Waals surface area (Å²) < 4.78 is 6.08. The number of oxime groups is 1. The smallest absolute Gasteiger partial charge is 0.289 e. The van der Waals surface area contributed by atoms with E-state index in [1.165, 1.54) is 11.6 Å². The molecule has 29 heavy (non-hydrogen) atoms. The van der Waals surface area contributed by atoms with Gasteiger partial charge < -0.3 is 14.5 Å². The van der Waals surface area contributed by atoms with Crippen molar-refractivity contribution in [3.63, 3.8) is 0 Å². The van der Waals surface area contributed by atoms with Gasteiger partial charge in [0.05, 0.1) is 11.0 Å². The van der Waals surface area contributed by atoms with Crippen LogP contribution in [-0.4, -0.2) is 28.4 Å². The first-order valence-corrected chi connectivity index (χ1v) is 8.86. The summed E-state index contributed by atoms with van der Waals surface area (Å²) in [6.45, 7) is 1.49. The van der Waals surface area contributed by atoms with Crippen LogP contribution in [0.3, 0.4) is 0 Å². The lowest BCUT2D eigenvalue weighted by Crippen LogP contribution is -2.44. The fourth-order valence-corrected chi connectivity index (χ4v) is 3.69. The van der Waals surface area contributed by atoms with Crippen molar-refractivity contribution >= 4 is 23.2 Å². The Balaban J connectivity index is 1.62. The Morgan fingerprint density at radius 2 is 1.72 bits per heavy atom. The molecule has 0 spiro atoms. The van der Waals surface area contributed by atoms with Crippen LogP contribution in [0.5, 0.6) is 5.95 Å². The molecule has 2 aliphatic rings. The maximum atomic E-state index is 13.2. The van der Waals surface area contributed by atoms with E-state index >= 15 is 0 Å². The first kappa shape index (κ1) is 17.1. The number of imide groups is 1. The first-order valence-electron chi connectivity index (χ1n) is 8.86. The molecular formula is C20H14N4O5. The minimum absolute atomic E-state index is 0.0133. The van der Waals surface area contributed by atoms with Crippen molar-refractivity contribution in [1.29, 1.82) is 0 Å². The molecule has 0 aliphatic carbocycles. The fraction of sp³-hybridized carbons (Fsp3) is 0.150. The third-order valence-electron chi connectivity index (χ3n) is 5.12. The van der Waals surface area contributed by atoms with Gasteiger partial charge in [0.1, 0.15) is 5.92 Å². The minimum Gasteiger partial charge on any atom is -0.539 e. The van der Waals surface area contributed by atoms with Crippen molar-refractivity contribution in [2.45, 2.75) is 12.5 Å². The van der Waals surface area contributed by atoms with Crippen LogP contribution in [0.15, 0.2) is 70.3 Å². The second kappa shape index (κ2) is 5.99. The van der Waals surface area contributed by atoms with Crippen molar-refractivity contribution in [3.8, 4) is 11.6 Å². The second-order valence-electron chi connectivity index (χ2n) is 6.88. The number of rotatable bonds is 3. The number of anilines is 1. The molecule has 3 heterocycles. The number of aromatic nitrogens is 2. The number of carbonyl (C=O) groups is 2. The Morgan fingerprint density at radius 3 is 2.41 bits per heavy atom. The molecule has 5 rings (SSSR count). The van der Waals surface area contributed by atoms with Gasteiger partial charge in [-0.1, -0.05) is 41.6 Å². The van der Waals surface area contributed by atoms with Gasteiger partial charge in [-0.15, -0.1) is 0 Å². The van der Waals surface area contributed by atoms with Gasteiger partial charge in [-0.05, 0) is 23.7 Å². The molecule has 9 heteroatoms. The van der Waals surface area contributed by atoms with Gasteiger partial charge >= 0.3 is 0 Å². The lowest BCUT2D eigenvalue weighted by Gasteiger charge is -2.18. The van der Waals surface area contributed by atoms with Crippen molar-refractivity contribution in [2.75, 3.05) is 4.90 Å². The molecular weight excluding hydrogens is 376 g/mol. The number of hydrogen-bond acceptors (Lipinski definition) is 7. The van der Waals surface area contributed by atoms with Crippen molar-refractivity contribution in [3.05, 3.63) is 66.4 Å². The summed E-state index contributed by atoms with van der Waals surface area (Å²) in [4.78, 5) is 32.8. The third-order valence-corrected chi connectivity index (χ3v) is 5.12. The molecule has 0 radical (unpaired) electrons. The minimum atomic E-state index is -1.56. The number of carbonyl (C=O) groups excluding carboxylic acids is 2. The van der Waals surface area contributed by atoms with E-state index in [9.17, 15) is 14.7 Å². The molecule has 1 aromatic heterocycles. The molecule has 1 fully saturated rings. The van der Waals surface area contributed by atoms with Gasteiger partial charge in [0, 0.05) is 12.1 Å². The first-order chi connectivity index (χ1) is 14.0. The zero-order valence-electron chi connectivity index (χ0n) is 15.2. The van der Waals surface area contributed by atoms with E-state index in [0.29, 0.717) is 11.4 Å². The number of benzene rings is 2. The summed E-state index contributed by atoms with van der Waals surface area (Å²) >= 11 is 0. The molecule has 0 saturated carbocycles. The number of amides is 2. The Labute approximate surface area is 164 Å². The summed E-state index contributed by atoms with van der Waals surface area (Å²) in [5, 5.41) is 20.1. The van der Waals surface area contributed by atoms with Gasteiger partial charge in [-0.3, -0.25) is 9.59 Å². The molecule has 3 aromatic rings. The molecule has 0 N–H and O–H groups in total. The molecule has 2 aromatic carbocycles. The molecule has 1 saturated heterocycles. The largest absolute Gasteiger partial charge is 0.539 e. The number of nitrogens with zero attached hydrogens (tertiary/aromatic N) is 4. The Hall–Kier alpha value is -4.01. The molecule has 144 valence electrons. The highest BCUT2D eigenvalue weighted by atomic mass is 16.7. The molecule has 2 unspecified atom stereocenters. The van der Waals surface area contributed by atoms with Crippen molar-refractivity contribution in [1.82, 2.24) is 5.27 Å². The highest BCUT2D eigenvalue weighted by Gasteiger charge is 2.66. The SMILES string of the molecule is CC12ON=C(c3c([O-])on[n+]3-c3ccccc3)C1C(=O)N(c1ccccc1)C2=O. The van der Waals surface area contributed by atoms with Crippen LogP contribution in [0, 0.1) is 5.92 Å². The third kappa shape index (κ3) is 2.30. The monoisotopic (exact) mass is 390 g/mol.